The zero-order valence-electron chi connectivity index (χ0n) is 19.5. The third-order valence-corrected chi connectivity index (χ3v) is 7.54. The number of aromatic carboxylic acids is 1. The van der Waals surface area contributed by atoms with E-state index in [9.17, 15) is 9.90 Å². The van der Waals surface area contributed by atoms with Crippen molar-refractivity contribution in [2.45, 2.75) is 57.5 Å². The molecule has 1 fully saturated rings. The maximum atomic E-state index is 11.8. The molecular weight excluding hydrogens is 410 g/mol. The highest BCUT2D eigenvalue weighted by atomic mass is 16.5. The second-order valence-electron chi connectivity index (χ2n) is 9.57. The molecule has 5 rings (SSSR count). The number of ether oxygens (including phenoxy) is 1. The van der Waals surface area contributed by atoms with Gasteiger partial charge in [0, 0.05) is 12.6 Å². The number of rotatable bonds is 7. The Bertz CT molecular complexity index is 1220. The Kier molecular flexibility index (Phi) is 5.71. The van der Waals surface area contributed by atoms with Crippen molar-refractivity contribution in [3.05, 3.63) is 88.0 Å². The average molecular weight is 442 g/mol. The van der Waals surface area contributed by atoms with Crippen molar-refractivity contribution in [2.24, 2.45) is 0 Å². The molecule has 4 nitrogen and oxygen atoms in total. The van der Waals surface area contributed by atoms with Gasteiger partial charge in [-0.25, -0.2) is 4.79 Å². The van der Waals surface area contributed by atoms with Crippen LogP contribution in [0.25, 0.3) is 11.1 Å². The average Bonchev–Trinajstić information content (AvgIpc) is 3.45. The summed E-state index contributed by atoms with van der Waals surface area (Å²) in [5, 5.41) is 13.3. The van der Waals surface area contributed by atoms with Gasteiger partial charge >= 0.3 is 5.97 Å². The van der Waals surface area contributed by atoms with E-state index in [1.165, 1.54) is 47.1 Å². The van der Waals surface area contributed by atoms with Gasteiger partial charge in [-0.2, -0.15) is 0 Å². The number of fused-ring (bicyclic) bond motifs is 5. The molecule has 1 saturated carbocycles. The smallest absolute Gasteiger partial charge is 0.335 e. The van der Waals surface area contributed by atoms with Crippen molar-refractivity contribution in [3.63, 3.8) is 0 Å². The van der Waals surface area contributed by atoms with E-state index in [0.717, 1.165) is 23.4 Å². The van der Waals surface area contributed by atoms with Gasteiger partial charge in [-0.15, -0.1) is 0 Å². The van der Waals surface area contributed by atoms with E-state index < -0.39 is 5.97 Å². The third kappa shape index (κ3) is 4.04. The molecule has 0 aromatic heterocycles. The van der Waals surface area contributed by atoms with Crippen LogP contribution in [0, 0.1) is 6.92 Å². The highest BCUT2D eigenvalue weighted by Gasteiger charge is 2.38. The van der Waals surface area contributed by atoms with E-state index in [-0.39, 0.29) is 6.04 Å². The number of nitrogens with one attached hydrogen (secondary N) is 1. The Balaban J connectivity index is 1.48. The Hall–Kier alpha value is -3.11. The number of carboxylic acid groups (broad SMARTS) is 1. The van der Waals surface area contributed by atoms with Gasteiger partial charge in [0.1, 0.15) is 5.75 Å². The zero-order valence-corrected chi connectivity index (χ0v) is 19.5. The lowest BCUT2D eigenvalue weighted by molar-refractivity contribution is 0.0696. The van der Waals surface area contributed by atoms with E-state index in [1.54, 1.807) is 7.11 Å². The van der Waals surface area contributed by atoms with E-state index in [1.807, 2.05) is 31.2 Å². The largest absolute Gasteiger partial charge is 0.497 e. The van der Waals surface area contributed by atoms with Gasteiger partial charge in [0.15, 0.2) is 0 Å². The van der Waals surface area contributed by atoms with Crippen molar-refractivity contribution in [3.8, 4) is 16.9 Å². The SMILES string of the molecule is COc1cccc([C@@H](C)NCc2cc(-c3ccc(C)c(C(=O)O)c3)c3c(c2)C2CCC3C2)c1. The fourth-order valence-corrected chi connectivity index (χ4v) is 5.72. The van der Waals surface area contributed by atoms with E-state index in [4.69, 9.17) is 4.74 Å². The molecule has 0 heterocycles. The van der Waals surface area contributed by atoms with Gasteiger partial charge in [0.05, 0.1) is 12.7 Å². The monoisotopic (exact) mass is 441 g/mol. The van der Waals surface area contributed by atoms with Crippen molar-refractivity contribution in [1.82, 2.24) is 5.32 Å². The summed E-state index contributed by atoms with van der Waals surface area (Å²) in [5.74, 6) is 1.25. The summed E-state index contributed by atoms with van der Waals surface area (Å²) in [6.07, 6.45) is 3.74. The molecule has 170 valence electrons. The van der Waals surface area contributed by atoms with Gasteiger partial charge in [-0.05, 0) is 108 Å². The fraction of sp³-hybridized carbons (Fsp3) is 0.345. The standard InChI is InChI=1S/C29H31NO3/c1-17-7-8-22(15-25(17)29(31)32)27-12-19(11-26-21-9-10-23(13-21)28(26)27)16-30-18(2)20-5-4-6-24(14-20)33-3/h4-8,11-12,14-15,18,21,23,30H,9-10,13,16H2,1-3H3,(H,31,32)/t18-,21?,23?/m1/s1. The molecule has 0 radical (unpaired) electrons. The second-order valence-corrected chi connectivity index (χ2v) is 9.57. The van der Waals surface area contributed by atoms with Crippen LogP contribution in [0.15, 0.2) is 54.6 Å². The summed E-state index contributed by atoms with van der Waals surface area (Å²) >= 11 is 0. The Morgan fingerprint density at radius 1 is 1.12 bits per heavy atom. The summed E-state index contributed by atoms with van der Waals surface area (Å²) in [6, 6.07) is 18.9. The topological polar surface area (TPSA) is 58.6 Å². The number of benzene rings is 3. The number of methoxy groups -OCH3 is 1. The van der Waals surface area contributed by atoms with Crippen molar-refractivity contribution >= 4 is 5.97 Å². The van der Waals surface area contributed by atoms with Crippen molar-refractivity contribution in [2.75, 3.05) is 7.11 Å². The zero-order chi connectivity index (χ0) is 23.1. The third-order valence-electron chi connectivity index (χ3n) is 7.54. The first-order valence-electron chi connectivity index (χ1n) is 11.8. The second kappa shape index (κ2) is 8.68. The Labute approximate surface area is 195 Å². The molecule has 0 aliphatic heterocycles. The van der Waals surface area contributed by atoms with Crippen LogP contribution in [0.1, 0.15) is 82.2 Å². The molecule has 2 bridgehead atoms. The van der Waals surface area contributed by atoms with Crippen molar-refractivity contribution < 1.29 is 14.6 Å². The Morgan fingerprint density at radius 3 is 2.73 bits per heavy atom. The highest BCUT2D eigenvalue weighted by molar-refractivity contribution is 5.91. The first-order valence-corrected chi connectivity index (χ1v) is 11.8. The normalized spacial score (nSPS) is 19.4. The molecule has 4 heteroatoms. The first-order chi connectivity index (χ1) is 15.9. The van der Waals surface area contributed by atoms with Gasteiger partial charge < -0.3 is 15.2 Å². The minimum Gasteiger partial charge on any atom is -0.497 e. The summed E-state index contributed by atoms with van der Waals surface area (Å²) in [6.45, 7) is 4.79. The minimum absolute atomic E-state index is 0.186. The van der Waals surface area contributed by atoms with Crippen LogP contribution in [0.2, 0.25) is 0 Å². The molecule has 2 unspecified atom stereocenters. The Morgan fingerprint density at radius 2 is 1.94 bits per heavy atom. The molecule has 2 aliphatic rings. The maximum absolute atomic E-state index is 11.8. The number of hydrogen-bond donors (Lipinski definition) is 2. The minimum atomic E-state index is -0.863. The van der Waals surface area contributed by atoms with Crippen LogP contribution in [0.5, 0.6) is 5.75 Å². The maximum Gasteiger partial charge on any atom is 0.335 e. The predicted molar refractivity (Wildman–Crippen MR) is 131 cm³/mol. The van der Waals surface area contributed by atoms with Gasteiger partial charge in [0.25, 0.3) is 0 Å². The van der Waals surface area contributed by atoms with E-state index in [0.29, 0.717) is 17.4 Å². The predicted octanol–water partition coefficient (Wildman–Crippen LogP) is 6.58. The summed E-state index contributed by atoms with van der Waals surface area (Å²) in [4.78, 5) is 11.8. The van der Waals surface area contributed by atoms with Crippen LogP contribution in [0.4, 0.5) is 0 Å². The molecule has 2 N–H and O–H groups in total. The van der Waals surface area contributed by atoms with Crippen LogP contribution in [-0.2, 0) is 6.54 Å². The molecular formula is C29H31NO3. The molecule has 3 aromatic carbocycles. The highest BCUT2D eigenvalue weighted by Crippen LogP contribution is 2.56. The quantitative estimate of drug-likeness (QED) is 0.434. The molecule has 33 heavy (non-hydrogen) atoms. The van der Waals surface area contributed by atoms with E-state index in [2.05, 4.69) is 42.6 Å². The van der Waals surface area contributed by atoms with E-state index >= 15 is 0 Å². The number of carboxylic acids is 1. The van der Waals surface area contributed by atoms with Crippen LogP contribution >= 0.6 is 0 Å². The molecule has 0 amide bonds. The fourth-order valence-electron chi connectivity index (χ4n) is 5.72. The van der Waals surface area contributed by atoms with Gasteiger partial charge in [-0.3, -0.25) is 0 Å². The molecule has 2 aliphatic carbocycles. The summed E-state index contributed by atoms with van der Waals surface area (Å²) in [7, 11) is 1.69. The molecule has 0 spiro atoms. The number of carbonyl (C=O) groups is 1. The number of hydrogen-bond acceptors (Lipinski definition) is 3. The molecule has 3 atom stereocenters. The van der Waals surface area contributed by atoms with Gasteiger partial charge in [0.2, 0.25) is 0 Å². The lowest BCUT2D eigenvalue weighted by Crippen LogP contribution is -2.18. The molecule has 3 aromatic rings. The van der Waals surface area contributed by atoms with Crippen LogP contribution in [-0.4, -0.2) is 18.2 Å². The lowest BCUT2D eigenvalue weighted by Gasteiger charge is -2.22. The van der Waals surface area contributed by atoms with Crippen LogP contribution < -0.4 is 10.1 Å². The first kappa shape index (κ1) is 21.7. The van der Waals surface area contributed by atoms with Crippen LogP contribution in [0.3, 0.4) is 0 Å². The number of aryl methyl sites for hydroxylation is 1. The molecule has 0 saturated heterocycles. The lowest BCUT2D eigenvalue weighted by atomic mass is 9.83. The van der Waals surface area contributed by atoms with Crippen molar-refractivity contribution in [1.29, 1.82) is 0 Å². The summed E-state index contributed by atoms with van der Waals surface area (Å²) in [5.41, 5.74) is 8.80. The van der Waals surface area contributed by atoms with Gasteiger partial charge in [-0.1, -0.05) is 30.3 Å². The summed E-state index contributed by atoms with van der Waals surface area (Å²) < 4.78 is 5.38.